The SMILES string of the molecule is COC(OC)c1nc2c(cc1CN1C[C@@H](N(Cc3ccccc3)C(=O)O)CC1=O)CCCN2. The third-order valence-electron chi connectivity index (χ3n) is 6.22. The zero-order valence-electron chi connectivity index (χ0n) is 19.0. The van der Waals surface area contributed by atoms with Gasteiger partial charge in [-0.1, -0.05) is 30.3 Å². The van der Waals surface area contributed by atoms with Crippen molar-refractivity contribution >= 4 is 17.8 Å². The molecule has 1 aromatic heterocycles. The molecule has 2 amide bonds. The van der Waals surface area contributed by atoms with E-state index in [1.54, 1.807) is 19.1 Å². The highest BCUT2D eigenvalue weighted by molar-refractivity contribution is 5.80. The number of carbonyl (C=O) groups is 2. The van der Waals surface area contributed by atoms with E-state index in [9.17, 15) is 14.7 Å². The number of nitrogens with zero attached hydrogens (tertiary/aromatic N) is 3. The summed E-state index contributed by atoms with van der Waals surface area (Å²) in [5.41, 5.74) is 3.47. The zero-order valence-corrected chi connectivity index (χ0v) is 19.0. The number of ether oxygens (including phenoxy) is 2. The van der Waals surface area contributed by atoms with Gasteiger partial charge in [-0.25, -0.2) is 9.78 Å². The third-order valence-corrected chi connectivity index (χ3v) is 6.22. The zero-order chi connectivity index (χ0) is 23.4. The van der Waals surface area contributed by atoms with Crippen molar-refractivity contribution in [1.29, 1.82) is 0 Å². The summed E-state index contributed by atoms with van der Waals surface area (Å²) >= 11 is 0. The van der Waals surface area contributed by atoms with Crippen molar-refractivity contribution in [2.75, 3.05) is 32.6 Å². The molecule has 2 aliphatic rings. The van der Waals surface area contributed by atoms with Gasteiger partial charge in [0, 0.05) is 46.8 Å². The second kappa shape index (κ2) is 10.2. The van der Waals surface area contributed by atoms with Crippen LogP contribution in [-0.4, -0.2) is 65.2 Å². The molecule has 0 bridgehead atoms. The number of hydrogen-bond donors (Lipinski definition) is 2. The summed E-state index contributed by atoms with van der Waals surface area (Å²) in [6, 6.07) is 11.1. The van der Waals surface area contributed by atoms with Crippen LogP contribution < -0.4 is 5.32 Å². The molecule has 2 aliphatic heterocycles. The van der Waals surface area contributed by atoms with Gasteiger partial charge in [-0.3, -0.25) is 9.69 Å². The Bertz CT molecular complexity index is 996. The summed E-state index contributed by atoms with van der Waals surface area (Å²) in [7, 11) is 3.11. The number of anilines is 1. The van der Waals surface area contributed by atoms with E-state index in [2.05, 4.69) is 11.4 Å². The molecule has 0 unspecified atom stereocenters. The maximum atomic E-state index is 12.9. The third kappa shape index (κ3) is 5.09. The minimum absolute atomic E-state index is 0.0764. The number of methoxy groups -OCH3 is 2. The van der Waals surface area contributed by atoms with E-state index in [1.807, 2.05) is 30.3 Å². The Balaban J connectivity index is 1.55. The first-order chi connectivity index (χ1) is 16.0. The lowest BCUT2D eigenvalue weighted by atomic mass is 10.0. The monoisotopic (exact) mass is 454 g/mol. The van der Waals surface area contributed by atoms with E-state index in [4.69, 9.17) is 14.5 Å². The number of benzene rings is 1. The molecule has 9 nitrogen and oxygen atoms in total. The minimum atomic E-state index is -1.03. The normalized spacial score (nSPS) is 17.7. The van der Waals surface area contributed by atoms with Gasteiger partial charge in [0.25, 0.3) is 0 Å². The van der Waals surface area contributed by atoms with E-state index in [0.29, 0.717) is 18.8 Å². The second-order valence-corrected chi connectivity index (χ2v) is 8.40. The van der Waals surface area contributed by atoms with Crippen molar-refractivity contribution in [2.24, 2.45) is 0 Å². The molecule has 1 fully saturated rings. The van der Waals surface area contributed by atoms with Crippen LogP contribution in [0, 0.1) is 0 Å². The first kappa shape index (κ1) is 23.0. The van der Waals surface area contributed by atoms with Crippen molar-refractivity contribution < 1.29 is 24.2 Å². The summed E-state index contributed by atoms with van der Waals surface area (Å²) in [5.74, 6) is 0.747. The van der Waals surface area contributed by atoms with Gasteiger partial charge in [0.15, 0.2) is 0 Å². The highest BCUT2D eigenvalue weighted by Crippen LogP contribution is 2.30. The van der Waals surface area contributed by atoms with E-state index in [1.165, 1.54) is 4.90 Å². The number of pyridine rings is 1. The Hall–Kier alpha value is -3.17. The summed E-state index contributed by atoms with van der Waals surface area (Å²) in [6.07, 6.45) is 0.402. The smallest absolute Gasteiger partial charge is 0.407 e. The molecule has 9 heteroatoms. The van der Waals surface area contributed by atoms with Gasteiger partial charge < -0.3 is 24.8 Å². The number of aryl methyl sites for hydroxylation is 1. The Labute approximate surface area is 193 Å². The van der Waals surface area contributed by atoms with Crippen LogP contribution in [0.2, 0.25) is 0 Å². The number of carboxylic acid groups (broad SMARTS) is 1. The molecular formula is C24H30N4O5. The molecule has 1 aromatic carbocycles. The van der Waals surface area contributed by atoms with E-state index in [0.717, 1.165) is 41.9 Å². The average Bonchev–Trinajstić information content (AvgIpc) is 3.18. The van der Waals surface area contributed by atoms with E-state index in [-0.39, 0.29) is 18.9 Å². The predicted octanol–water partition coefficient (Wildman–Crippen LogP) is 3.01. The van der Waals surface area contributed by atoms with Crippen LogP contribution in [0.25, 0.3) is 0 Å². The van der Waals surface area contributed by atoms with Crippen LogP contribution >= 0.6 is 0 Å². The Morgan fingerprint density at radius 1 is 1.30 bits per heavy atom. The van der Waals surface area contributed by atoms with Gasteiger partial charge in [-0.2, -0.15) is 0 Å². The Morgan fingerprint density at radius 2 is 2.06 bits per heavy atom. The molecule has 2 aromatic rings. The summed E-state index contributed by atoms with van der Waals surface area (Å²) in [4.78, 5) is 32.7. The van der Waals surface area contributed by atoms with Crippen molar-refractivity contribution in [2.45, 2.75) is 44.7 Å². The minimum Gasteiger partial charge on any atom is -0.465 e. The molecule has 3 heterocycles. The van der Waals surface area contributed by atoms with Crippen LogP contribution in [0.3, 0.4) is 0 Å². The average molecular weight is 455 g/mol. The molecule has 1 saturated heterocycles. The second-order valence-electron chi connectivity index (χ2n) is 8.40. The fourth-order valence-electron chi connectivity index (χ4n) is 4.55. The number of hydrogen-bond acceptors (Lipinski definition) is 6. The van der Waals surface area contributed by atoms with Gasteiger partial charge >= 0.3 is 6.09 Å². The number of nitrogens with one attached hydrogen (secondary N) is 1. The van der Waals surface area contributed by atoms with Crippen LogP contribution in [0.15, 0.2) is 36.4 Å². The molecule has 33 heavy (non-hydrogen) atoms. The van der Waals surface area contributed by atoms with E-state index < -0.39 is 18.4 Å². The fraction of sp³-hybridized carbons (Fsp3) is 0.458. The largest absolute Gasteiger partial charge is 0.465 e. The number of amides is 2. The van der Waals surface area contributed by atoms with Gasteiger partial charge in [0.2, 0.25) is 12.2 Å². The summed E-state index contributed by atoms with van der Waals surface area (Å²) < 4.78 is 10.9. The Kier molecular flexibility index (Phi) is 7.10. The van der Waals surface area contributed by atoms with Crippen molar-refractivity contribution in [3.8, 4) is 0 Å². The van der Waals surface area contributed by atoms with Gasteiger partial charge in [-0.15, -0.1) is 0 Å². The molecule has 0 radical (unpaired) electrons. The summed E-state index contributed by atoms with van der Waals surface area (Å²) in [6.45, 7) is 1.77. The summed E-state index contributed by atoms with van der Waals surface area (Å²) in [5, 5.41) is 13.1. The van der Waals surface area contributed by atoms with Gasteiger partial charge in [-0.05, 0) is 35.6 Å². The van der Waals surface area contributed by atoms with Crippen LogP contribution in [0.1, 0.15) is 41.5 Å². The van der Waals surface area contributed by atoms with Gasteiger partial charge in [0.1, 0.15) is 11.5 Å². The molecule has 176 valence electrons. The van der Waals surface area contributed by atoms with Crippen LogP contribution in [-0.2, 0) is 33.8 Å². The number of aromatic nitrogens is 1. The number of fused-ring (bicyclic) bond motifs is 1. The predicted molar refractivity (Wildman–Crippen MR) is 122 cm³/mol. The lowest BCUT2D eigenvalue weighted by Crippen LogP contribution is -2.40. The fourth-order valence-corrected chi connectivity index (χ4v) is 4.55. The topological polar surface area (TPSA) is 104 Å². The Morgan fingerprint density at radius 3 is 2.76 bits per heavy atom. The van der Waals surface area contributed by atoms with Gasteiger partial charge in [0.05, 0.1) is 6.04 Å². The molecule has 2 N–H and O–H groups in total. The highest BCUT2D eigenvalue weighted by atomic mass is 16.7. The molecule has 0 aliphatic carbocycles. The highest BCUT2D eigenvalue weighted by Gasteiger charge is 2.36. The molecule has 4 rings (SSSR count). The van der Waals surface area contributed by atoms with E-state index >= 15 is 0 Å². The van der Waals surface area contributed by atoms with Crippen LogP contribution in [0.4, 0.5) is 10.6 Å². The molecule has 0 spiro atoms. The first-order valence-electron chi connectivity index (χ1n) is 11.1. The quantitative estimate of drug-likeness (QED) is 0.591. The lowest BCUT2D eigenvalue weighted by Gasteiger charge is -2.27. The first-order valence-corrected chi connectivity index (χ1v) is 11.1. The van der Waals surface area contributed by atoms with Crippen molar-refractivity contribution in [3.05, 3.63) is 58.8 Å². The van der Waals surface area contributed by atoms with Crippen molar-refractivity contribution in [1.82, 2.24) is 14.8 Å². The standard InChI is InChI=1S/C24H30N4O5/c1-32-23(33-2)21-18(11-17-9-6-10-25-22(17)26-21)14-27-15-19(12-20(27)29)28(24(30)31)13-16-7-4-3-5-8-16/h3-5,7-8,11,19,23H,6,9-10,12-15H2,1-2H3,(H,25,26)(H,30,31)/t19-/m0/s1. The molecule has 0 saturated carbocycles. The number of carbonyl (C=O) groups excluding carboxylic acids is 1. The molecular weight excluding hydrogens is 424 g/mol. The maximum Gasteiger partial charge on any atom is 0.407 e. The lowest BCUT2D eigenvalue weighted by molar-refractivity contribution is -0.128. The number of rotatable bonds is 8. The molecule has 1 atom stereocenters. The van der Waals surface area contributed by atoms with Crippen molar-refractivity contribution in [3.63, 3.8) is 0 Å². The number of likely N-dealkylation sites (tertiary alicyclic amines) is 1. The van der Waals surface area contributed by atoms with Crippen LogP contribution in [0.5, 0.6) is 0 Å². The maximum absolute atomic E-state index is 12.9.